The summed E-state index contributed by atoms with van der Waals surface area (Å²) in [5.74, 6) is -0.0495. The molecule has 2 heterocycles. The zero-order chi connectivity index (χ0) is 17.2. The van der Waals surface area contributed by atoms with Gasteiger partial charge >= 0.3 is 0 Å². The van der Waals surface area contributed by atoms with Gasteiger partial charge in [0, 0.05) is 44.1 Å². The number of hydrogen-bond donors (Lipinski definition) is 0. The molecule has 24 heavy (non-hydrogen) atoms. The van der Waals surface area contributed by atoms with Gasteiger partial charge in [-0.15, -0.1) is 0 Å². The van der Waals surface area contributed by atoms with Gasteiger partial charge in [-0.3, -0.25) is 9.78 Å². The molecule has 0 bridgehead atoms. The minimum atomic E-state index is -3.55. The minimum absolute atomic E-state index is 0.0495. The van der Waals surface area contributed by atoms with Crippen LogP contribution >= 0.6 is 0 Å². The zero-order valence-electron chi connectivity index (χ0n) is 13.4. The van der Waals surface area contributed by atoms with E-state index in [0.717, 1.165) is 5.56 Å². The van der Waals surface area contributed by atoms with Gasteiger partial charge in [-0.05, 0) is 30.7 Å². The molecule has 6 nitrogen and oxygen atoms in total. The number of hydrogen-bond acceptors (Lipinski definition) is 4. The number of benzene rings is 1. The zero-order valence-corrected chi connectivity index (χ0v) is 14.2. The van der Waals surface area contributed by atoms with E-state index in [4.69, 9.17) is 0 Å². The van der Waals surface area contributed by atoms with Gasteiger partial charge < -0.3 is 4.90 Å². The van der Waals surface area contributed by atoms with Crippen molar-refractivity contribution < 1.29 is 13.2 Å². The normalized spacial score (nSPS) is 16.1. The lowest BCUT2D eigenvalue weighted by atomic mass is 10.1. The van der Waals surface area contributed by atoms with E-state index in [1.807, 2.05) is 25.1 Å². The Labute approximate surface area is 141 Å². The van der Waals surface area contributed by atoms with Crippen LogP contribution in [0, 0.1) is 6.92 Å². The molecule has 1 aromatic heterocycles. The summed E-state index contributed by atoms with van der Waals surface area (Å²) in [6.45, 7) is 3.24. The van der Waals surface area contributed by atoms with Crippen LogP contribution in [0.4, 0.5) is 0 Å². The van der Waals surface area contributed by atoms with Crippen LogP contribution in [0.15, 0.2) is 53.7 Å². The highest BCUT2D eigenvalue weighted by Crippen LogP contribution is 2.18. The molecule has 0 atom stereocenters. The lowest BCUT2D eigenvalue weighted by Gasteiger charge is -2.34. The number of aryl methyl sites for hydroxylation is 1. The number of sulfonamides is 1. The maximum atomic E-state index is 12.6. The first kappa shape index (κ1) is 16.6. The number of aromatic nitrogens is 1. The molecule has 1 amide bonds. The smallest absolute Gasteiger partial charge is 0.254 e. The van der Waals surface area contributed by atoms with Crippen molar-refractivity contribution in [2.24, 2.45) is 0 Å². The van der Waals surface area contributed by atoms with Crippen LogP contribution in [-0.2, 0) is 10.0 Å². The third-order valence-electron chi connectivity index (χ3n) is 4.17. The number of rotatable bonds is 3. The van der Waals surface area contributed by atoms with Gasteiger partial charge in [0.25, 0.3) is 5.91 Å². The molecule has 2 aromatic rings. The molecule has 1 aliphatic rings. The predicted octanol–water partition coefficient (Wildman–Crippen LogP) is 1.54. The molecule has 1 aliphatic heterocycles. The molecule has 0 N–H and O–H groups in total. The number of carbonyl (C=O) groups excluding carboxylic acids is 1. The van der Waals surface area contributed by atoms with E-state index in [1.54, 1.807) is 17.0 Å². The summed E-state index contributed by atoms with van der Waals surface area (Å²) in [5, 5.41) is 0. The monoisotopic (exact) mass is 345 g/mol. The van der Waals surface area contributed by atoms with Crippen LogP contribution in [0.5, 0.6) is 0 Å². The first-order chi connectivity index (χ1) is 11.5. The Morgan fingerprint density at radius 2 is 1.75 bits per heavy atom. The molecule has 0 unspecified atom stereocenters. The Morgan fingerprint density at radius 3 is 2.38 bits per heavy atom. The van der Waals surface area contributed by atoms with Gasteiger partial charge in [0.2, 0.25) is 10.0 Å². The molecular formula is C17H19N3O3S. The highest BCUT2D eigenvalue weighted by atomic mass is 32.2. The van der Waals surface area contributed by atoms with Crippen LogP contribution in [0.1, 0.15) is 15.9 Å². The second kappa shape index (κ2) is 6.70. The quantitative estimate of drug-likeness (QED) is 0.846. The highest BCUT2D eigenvalue weighted by molar-refractivity contribution is 7.89. The number of nitrogens with zero attached hydrogens (tertiary/aromatic N) is 3. The Bertz CT molecular complexity index is 829. The summed E-state index contributed by atoms with van der Waals surface area (Å²) < 4.78 is 26.5. The molecule has 0 spiro atoms. The lowest BCUT2D eigenvalue weighted by Crippen LogP contribution is -2.50. The Balaban J connectivity index is 1.70. The second-order valence-corrected chi connectivity index (χ2v) is 7.64. The molecular weight excluding hydrogens is 326 g/mol. The Morgan fingerprint density at radius 1 is 1.04 bits per heavy atom. The summed E-state index contributed by atoms with van der Waals surface area (Å²) in [5.41, 5.74) is 1.59. The average Bonchev–Trinajstić information content (AvgIpc) is 2.62. The van der Waals surface area contributed by atoms with Crippen molar-refractivity contribution in [2.45, 2.75) is 11.8 Å². The summed E-state index contributed by atoms with van der Waals surface area (Å²) in [6.07, 6.45) is 2.89. The van der Waals surface area contributed by atoms with Gasteiger partial charge in [-0.1, -0.05) is 18.2 Å². The Kier molecular flexibility index (Phi) is 4.64. The third kappa shape index (κ3) is 3.18. The van der Waals surface area contributed by atoms with E-state index in [9.17, 15) is 13.2 Å². The van der Waals surface area contributed by atoms with E-state index in [0.29, 0.717) is 18.7 Å². The molecule has 1 fully saturated rings. The van der Waals surface area contributed by atoms with Gasteiger partial charge in [-0.2, -0.15) is 4.31 Å². The third-order valence-corrected chi connectivity index (χ3v) is 6.06. The summed E-state index contributed by atoms with van der Waals surface area (Å²) in [6, 6.07) is 10.6. The van der Waals surface area contributed by atoms with Gasteiger partial charge in [0.1, 0.15) is 4.90 Å². The minimum Gasteiger partial charge on any atom is -0.336 e. The first-order valence-corrected chi connectivity index (χ1v) is 9.19. The Hall–Kier alpha value is -2.25. The maximum absolute atomic E-state index is 12.6. The average molecular weight is 345 g/mol. The molecule has 0 aliphatic carbocycles. The molecule has 1 aromatic carbocycles. The fraction of sp³-hybridized carbons (Fsp3) is 0.294. The first-order valence-electron chi connectivity index (χ1n) is 7.75. The fourth-order valence-corrected chi connectivity index (χ4v) is 4.15. The van der Waals surface area contributed by atoms with Crippen LogP contribution < -0.4 is 0 Å². The summed E-state index contributed by atoms with van der Waals surface area (Å²) in [7, 11) is -3.55. The maximum Gasteiger partial charge on any atom is 0.254 e. The van der Waals surface area contributed by atoms with Crippen molar-refractivity contribution in [3.8, 4) is 0 Å². The second-order valence-electron chi connectivity index (χ2n) is 5.70. The van der Waals surface area contributed by atoms with Crippen molar-refractivity contribution >= 4 is 15.9 Å². The van der Waals surface area contributed by atoms with Crippen LogP contribution in [0.25, 0.3) is 0 Å². The largest absolute Gasteiger partial charge is 0.336 e. The number of amides is 1. The van der Waals surface area contributed by atoms with Gasteiger partial charge in [0.05, 0.1) is 0 Å². The van der Waals surface area contributed by atoms with Crippen molar-refractivity contribution in [2.75, 3.05) is 26.2 Å². The van der Waals surface area contributed by atoms with Crippen LogP contribution in [0.2, 0.25) is 0 Å². The molecule has 3 rings (SSSR count). The molecule has 0 radical (unpaired) electrons. The van der Waals surface area contributed by atoms with Crippen molar-refractivity contribution in [3.05, 3.63) is 59.9 Å². The van der Waals surface area contributed by atoms with Crippen molar-refractivity contribution in [3.63, 3.8) is 0 Å². The number of carbonyl (C=O) groups is 1. The number of pyridine rings is 1. The van der Waals surface area contributed by atoms with E-state index < -0.39 is 10.0 Å². The van der Waals surface area contributed by atoms with Crippen LogP contribution in [0.3, 0.4) is 0 Å². The number of piperazine rings is 1. The highest BCUT2D eigenvalue weighted by Gasteiger charge is 2.30. The van der Waals surface area contributed by atoms with E-state index >= 15 is 0 Å². The van der Waals surface area contributed by atoms with Gasteiger partial charge in [-0.25, -0.2) is 8.42 Å². The molecule has 7 heteroatoms. The fourth-order valence-electron chi connectivity index (χ4n) is 2.76. The summed E-state index contributed by atoms with van der Waals surface area (Å²) >= 11 is 0. The van der Waals surface area contributed by atoms with Gasteiger partial charge in [0.15, 0.2) is 0 Å². The van der Waals surface area contributed by atoms with Crippen molar-refractivity contribution in [1.29, 1.82) is 0 Å². The topological polar surface area (TPSA) is 70.6 Å². The van der Waals surface area contributed by atoms with Crippen LogP contribution in [-0.4, -0.2) is 54.7 Å². The molecule has 1 saturated heterocycles. The summed E-state index contributed by atoms with van der Waals surface area (Å²) in [4.78, 5) is 18.4. The predicted molar refractivity (Wildman–Crippen MR) is 90.1 cm³/mol. The van der Waals surface area contributed by atoms with E-state index in [1.165, 1.54) is 22.8 Å². The molecule has 0 saturated carbocycles. The van der Waals surface area contributed by atoms with E-state index in [2.05, 4.69) is 4.98 Å². The SMILES string of the molecule is Cc1ccccc1C(=O)N1CCN(S(=O)(=O)c2cccnc2)CC1. The lowest BCUT2D eigenvalue weighted by molar-refractivity contribution is 0.0697. The van der Waals surface area contributed by atoms with E-state index in [-0.39, 0.29) is 23.9 Å². The standard InChI is InChI=1S/C17H19N3O3S/c1-14-5-2-3-7-16(14)17(21)19-9-11-20(12-10-19)24(22,23)15-6-4-8-18-13-15/h2-8,13H,9-12H2,1H3. The molecule has 126 valence electrons. The van der Waals surface area contributed by atoms with Crippen molar-refractivity contribution in [1.82, 2.24) is 14.2 Å².